The minimum Gasteiger partial charge on any atom is -0.493 e. The van der Waals surface area contributed by atoms with Crippen LogP contribution in [0.4, 0.5) is 0 Å². The zero-order chi connectivity index (χ0) is 14.8. The van der Waals surface area contributed by atoms with Crippen LogP contribution in [0.5, 0.6) is 11.5 Å². The summed E-state index contributed by atoms with van der Waals surface area (Å²) in [7, 11) is 3.35. The van der Waals surface area contributed by atoms with Crippen LogP contribution in [0.2, 0.25) is 0 Å². The first-order valence-corrected chi connectivity index (χ1v) is 7.76. The summed E-state index contributed by atoms with van der Waals surface area (Å²) in [5.41, 5.74) is 3.82. The molecule has 1 aliphatic rings. The number of ether oxygens (including phenoxy) is 2. The van der Waals surface area contributed by atoms with Gasteiger partial charge >= 0.3 is 0 Å². The molecule has 1 heterocycles. The molecule has 0 radical (unpaired) electrons. The molecule has 1 N–H and O–H groups in total. The predicted octanol–water partition coefficient (Wildman–Crippen LogP) is 3.70. The fourth-order valence-electron chi connectivity index (χ4n) is 2.87. The molecule has 0 amide bonds. The molecule has 3 nitrogen and oxygen atoms in total. The van der Waals surface area contributed by atoms with Crippen molar-refractivity contribution < 1.29 is 9.47 Å². The first-order chi connectivity index (χ1) is 10.2. The van der Waals surface area contributed by atoms with E-state index in [9.17, 15) is 0 Å². The molecular formula is C17H18BrNO2. The molecule has 0 aliphatic carbocycles. The third kappa shape index (κ3) is 2.78. The molecule has 1 aliphatic heterocycles. The molecule has 0 spiro atoms. The Balaban J connectivity index is 2.09. The number of fused-ring (bicyclic) bond motifs is 1. The van der Waals surface area contributed by atoms with Gasteiger partial charge in [-0.3, -0.25) is 0 Å². The van der Waals surface area contributed by atoms with E-state index < -0.39 is 0 Å². The van der Waals surface area contributed by atoms with E-state index in [0.717, 1.165) is 28.9 Å². The van der Waals surface area contributed by atoms with Crippen LogP contribution in [0.3, 0.4) is 0 Å². The van der Waals surface area contributed by atoms with Gasteiger partial charge in [0.1, 0.15) is 0 Å². The summed E-state index contributed by atoms with van der Waals surface area (Å²) in [5.74, 6) is 1.58. The van der Waals surface area contributed by atoms with Gasteiger partial charge in [0.2, 0.25) is 0 Å². The van der Waals surface area contributed by atoms with E-state index in [1.165, 1.54) is 16.7 Å². The highest BCUT2D eigenvalue weighted by Crippen LogP contribution is 2.37. The molecule has 0 saturated carbocycles. The molecule has 0 fully saturated rings. The standard InChI is InChI=1S/C17H18BrNO2/c1-20-15-9-11-6-7-19-17(14(11)10-16(15)21-2)12-4-3-5-13(18)8-12/h3-5,8-10,17,19H,6-7H2,1-2H3. The SMILES string of the molecule is COc1cc2c(cc1OC)C(c1cccc(Br)c1)NCC2. The summed E-state index contributed by atoms with van der Waals surface area (Å²) in [6.07, 6.45) is 1.00. The fourth-order valence-corrected chi connectivity index (χ4v) is 3.28. The number of halogens is 1. The van der Waals surface area contributed by atoms with E-state index in [1.807, 2.05) is 6.07 Å². The van der Waals surface area contributed by atoms with Gasteiger partial charge in [-0.25, -0.2) is 0 Å². The summed E-state index contributed by atoms with van der Waals surface area (Å²) in [6, 6.07) is 12.8. The van der Waals surface area contributed by atoms with E-state index in [1.54, 1.807) is 14.2 Å². The lowest BCUT2D eigenvalue weighted by Crippen LogP contribution is -2.30. The average Bonchev–Trinajstić information content (AvgIpc) is 2.52. The van der Waals surface area contributed by atoms with Gasteiger partial charge in [-0.1, -0.05) is 28.1 Å². The highest BCUT2D eigenvalue weighted by atomic mass is 79.9. The van der Waals surface area contributed by atoms with Crippen LogP contribution in [0.1, 0.15) is 22.7 Å². The van der Waals surface area contributed by atoms with Gasteiger partial charge in [0.05, 0.1) is 20.3 Å². The minimum atomic E-state index is 0.186. The van der Waals surface area contributed by atoms with Gasteiger partial charge in [-0.05, 0) is 47.4 Å². The maximum Gasteiger partial charge on any atom is 0.161 e. The lowest BCUT2D eigenvalue weighted by molar-refractivity contribution is 0.353. The Kier molecular flexibility index (Phi) is 4.17. The third-order valence-electron chi connectivity index (χ3n) is 3.88. The van der Waals surface area contributed by atoms with E-state index >= 15 is 0 Å². The topological polar surface area (TPSA) is 30.5 Å². The number of rotatable bonds is 3. The Bertz CT molecular complexity index is 657. The minimum absolute atomic E-state index is 0.186. The highest BCUT2D eigenvalue weighted by Gasteiger charge is 2.23. The van der Waals surface area contributed by atoms with Crippen LogP contribution in [0.25, 0.3) is 0 Å². The highest BCUT2D eigenvalue weighted by molar-refractivity contribution is 9.10. The summed E-state index contributed by atoms with van der Waals surface area (Å²) in [6.45, 7) is 0.958. The van der Waals surface area contributed by atoms with Gasteiger partial charge in [0.25, 0.3) is 0 Å². The van der Waals surface area contributed by atoms with Crippen molar-refractivity contribution in [2.24, 2.45) is 0 Å². The largest absolute Gasteiger partial charge is 0.493 e. The molecule has 21 heavy (non-hydrogen) atoms. The molecule has 110 valence electrons. The molecule has 0 bridgehead atoms. The second-order valence-corrected chi connectivity index (χ2v) is 6.01. The first kappa shape index (κ1) is 14.4. The average molecular weight is 348 g/mol. The summed E-state index contributed by atoms with van der Waals surface area (Å²) in [5, 5.41) is 3.59. The summed E-state index contributed by atoms with van der Waals surface area (Å²) < 4.78 is 11.9. The van der Waals surface area contributed by atoms with Crippen molar-refractivity contribution in [3.8, 4) is 11.5 Å². The quantitative estimate of drug-likeness (QED) is 0.918. The van der Waals surface area contributed by atoms with Gasteiger partial charge in [0.15, 0.2) is 11.5 Å². The third-order valence-corrected chi connectivity index (χ3v) is 4.37. The van der Waals surface area contributed by atoms with Gasteiger partial charge in [-0.15, -0.1) is 0 Å². The van der Waals surface area contributed by atoms with Gasteiger partial charge in [0, 0.05) is 11.0 Å². The van der Waals surface area contributed by atoms with Crippen molar-refractivity contribution in [2.45, 2.75) is 12.5 Å². The second-order valence-electron chi connectivity index (χ2n) is 5.10. The molecule has 1 atom stereocenters. The molecular weight excluding hydrogens is 330 g/mol. The molecule has 2 aromatic rings. The Morgan fingerprint density at radius 1 is 1.10 bits per heavy atom. The van der Waals surface area contributed by atoms with Crippen molar-refractivity contribution in [1.82, 2.24) is 5.32 Å². The summed E-state index contributed by atoms with van der Waals surface area (Å²) >= 11 is 3.55. The normalized spacial score (nSPS) is 17.2. The van der Waals surface area contributed by atoms with Crippen molar-refractivity contribution in [3.05, 3.63) is 57.6 Å². The van der Waals surface area contributed by atoms with E-state index in [4.69, 9.17) is 9.47 Å². The second kappa shape index (κ2) is 6.08. The number of benzene rings is 2. The Labute approximate surface area is 133 Å². The van der Waals surface area contributed by atoms with Crippen LogP contribution < -0.4 is 14.8 Å². The van der Waals surface area contributed by atoms with Crippen LogP contribution in [0.15, 0.2) is 40.9 Å². The lowest BCUT2D eigenvalue weighted by atomic mass is 9.89. The van der Waals surface area contributed by atoms with Gasteiger partial charge in [-0.2, -0.15) is 0 Å². The Morgan fingerprint density at radius 3 is 2.57 bits per heavy atom. The number of methoxy groups -OCH3 is 2. The molecule has 2 aromatic carbocycles. The van der Waals surface area contributed by atoms with E-state index in [2.05, 4.69) is 51.6 Å². The van der Waals surface area contributed by atoms with Crippen LogP contribution in [-0.2, 0) is 6.42 Å². The van der Waals surface area contributed by atoms with Crippen molar-refractivity contribution in [1.29, 1.82) is 0 Å². The van der Waals surface area contributed by atoms with Crippen molar-refractivity contribution >= 4 is 15.9 Å². The van der Waals surface area contributed by atoms with Crippen molar-refractivity contribution in [3.63, 3.8) is 0 Å². The maximum atomic E-state index is 5.45. The van der Waals surface area contributed by atoms with E-state index in [-0.39, 0.29) is 6.04 Å². The molecule has 3 rings (SSSR count). The van der Waals surface area contributed by atoms with Crippen molar-refractivity contribution in [2.75, 3.05) is 20.8 Å². The van der Waals surface area contributed by atoms with Crippen LogP contribution in [0, 0.1) is 0 Å². The van der Waals surface area contributed by atoms with Gasteiger partial charge < -0.3 is 14.8 Å². The Morgan fingerprint density at radius 2 is 1.86 bits per heavy atom. The number of hydrogen-bond acceptors (Lipinski definition) is 3. The molecule has 0 saturated heterocycles. The van der Waals surface area contributed by atoms with E-state index in [0.29, 0.717) is 0 Å². The number of hydrogen-bond donors (Lipinski definition) is 1. The monoisotopic (exact) mass is 347 g/mol. The lowest BCUT2D eigenvalue weighted by Gasteiger charge is -2.28. The first-order valence-electron chi connectivity index (χ1n) is 6.96. The fraction of sp³-hybridized carbons (Fsp3) is 0.294. The zero-order valence-corrected chi connectivity index (χ0v) is 13.7. The summed E-state index contributed by atoms with van der Waals surface area (Å²) in [4.78, 5) is 0. The zero-order valence-electron chi connectivity index (χ0n) is 12.2. The molecule has 4 heteroatoms. The molecule has 1 unspecified atom stereocenters. The molecule has 0 aromatic heterocycles. The van der Waals surface area contributed by atoms with Crippen LogP contribution in [-0.4, -0.2) is 20.8 Å². The predicted molar refractivity (Wildman–Crippen MR) is 87.2 cm³/mol. The maximum absolute atomic E-state index is 5.45. The Hall–Kier alpha value is -1.52. The number of nitrogens with one attached hydrogen (secondary N) is 1. The van der Waals surface area contributed by atoms with Crippen LogP contribution >= 0.6 is 15.9 Å². The smallest absolute Gasteiger partial charge is 0.161 e.